The molecular weight excluding hydrogens is 318 g/mol. The summed E-state index contributed by atoms with van der Waals surface area (Å²) in [7, 11) is -6.07. The van der Waals surface area contributed by atoms with Gasteiger partial charge in [-0.05, 0) is 25.7 Å². The first kappa shape index (κ1) is 22.4. The third-order valence-corrected chi connectivity index (χ3v) is 8.16. The maximum Gasteiger partial charge on any atom is 0.203 e. The van der Waals surface area contributed by atoms with Gasteiger partial charge in [-0.15, -0.1) is 0 Å². The van der Waals surface area contributed by atoms with Gasteiger partial charge in [-0.3, -0.25) is 9.13 Å². The van der Waals surface area contributed by atoms with Gasteiger partial charge >= 0.3 is 0 Å². The minimum atomic E-state index is -3.15. The van der Waals surface area contributed by atoms with Crippen LogP contribution < -0.4 is 0 Å². The number of hydrogen-bond acceptors (Lipinski definition) is 2. The van der Waals surface area contributed by atoms with E-state index < -0.39 is 19.9 Å². The Kier molecular flexibility index (Phi) is 10.5. The molecule has 134 valence electrons. The summed E-state index contributed by atoms with van der Waals surface area (Å²) in [5.41, 5.74) is 0. The Balaban J connectivity index is 4.68. The highest BCUT2D eigenvalue weighted by molar-refractivity contribution is 7.58. The van der Waals surface area contributed by atoms with Gasteiger partial charge in [-0.1, -0.05) is 52.4 Å². The van der Waals surface area contributed by atoms with Crippen molar-refractivity contribution in [1.29, 1.82) is 0 Å². The maximum absolute atomic E-state index is 12.5. The van der Waals surface area contributed by atoms with Crippen LogP contribution in [0.2, 0.25) is 0 Å². The fourth-order valence-electron chi connectivity index (χ4n) is 3.05. The molecule has 0 aliphatic rings. The van der Waals surface area contributed by atoms with Crippen molar-refractivity contribution in [2.75, 3.05) is 19.5 Å². The first-order valence-electron chi connectivity index (χ1n) is 8.67. The van der Waals surface area contributed by atoms with Gasteiger partial charge in [0.2, 0.25) is 7.37 Å². The normalized spacial score (nSPS) is 17.9. The van der Waals surface area contributed by atoms with Crippen LogP contribution in [0.15, 0.2) is 0 Å². The molecule has 0 bridgehead atoms. The number of unbranched alkanes of at least 4 members (excludes halogenated alkanes) is 4. The van der Waals surface area contributed by atoms with E-state index in [0.29, 0.717) is 6.16 Å². The second-order valence-electron chi connectivity index (χ2n) is 6.90. The zero-order valence-corrected chi connectivity index (χ0v) is 16.7. The molecule has 0 aliphatic heterocycles. The largest absolute Gasteiger partial charge is 0.344 e. The van der Waals surface area contributed by atoms with E-state index in [-0.39, 0.29) is 0 Å². The standard InChI is InChI=1S/C16H36O4P2/c1-5-7-12-16(13-8-6-2,22(4,19)20)14-10-9-11-15-21(3,17)18/h5-15H2,1-4H3,(H,17,18)(H,19,20). The molecule has 0 radical (unpaired) electrons. The lowest BCUT2D eigenvalue weighted by Crippen LogP contribution is -2.29. The maximum atomic E-state index is 12.5. The number of hydrogen-bond donors (Lipinski definition) is 2. The van der Waals surface area contributed by atoms with Crippen LogP contribution in [-0.4, -0.2) is 34.4 Å². The first-order valence-corrected chi connectivity index (χ1v) is 13.1. The molecule has 0 saturated carbocycles. The van der Waals surface area contributed by atoms with Crippen LogP contribution in [0.5, 0.6) is 0 Å². The Labute approximate surface area is 137 Å². The van der Waals surface area contributed by atoms with Crippen molar-refractivity contribution in [1.82, 2.24) is 0 Å². The van der Waals surface area contributed by atoms with Gasteiger partial charge < -0.3 is 9.79 Å². The van der Waals surface area contributed by atoms with E-state index in [4.69, 9.17) is 0 Å². The van der Waals surface area contributed by atoms with Crippen LogP contribution >= 0.6 is 14.7 Å². The van der Waals surface area contributed by atoms with Crippen molar-refractivity contribution in [3.63, 3.8) is 0 Å². The molecule has 2 unspecified atom stereocenters. The summed E-state index contributed by atoms with van der Waals surface area (Å²) in [5.74, 6) is 0. The highest BCUT2D eigenvalue weighted by Gasteiger charge is 2.41. The minimum absolute atomic E-state index is 0.354. The Morgan fingerprint density at radius 3 is 1.59 bits per heavy atom. The molecule has 0 spiro atoms. The topological polar surface area (TPSA) is 74.6 Å². The molecule has 2 atom stereocenters. The third-order valence-electron chi connectivity index (χ3n) is 4.59. The first-order chi connectivity index (χ1) is 10.1. The Morgan fingerprint density at radius 2 is 1.23 bits per heavy atom. The van der Waals surface area contributed by atoms with E-state index in [1.54, 1.807) is 0 Å². The quantitative estimate of drug-likeness (QED) is 0.340. The zero-order valence-electron chi connectivity index (χ0n) is 14.9. The van der Waals surface area contributed by atoms with E-state index in [2.05, 4.69) is 13.8 Å². The fourth-order valence-corrected chi connectivity index (χ4v) is 5.57. The van der Waals surface area contributed by atoms with Gasteiger partial charge in [0, 0.05) is 24.6 Å². The zero-order chi connectivity index (χ0) is 17.3. The van der Waals surface area contributed by atoms with Crippen LogP contribution in [0, 0.1) is 0 Å². The van der Waals surface area contributed by atoms with Gasteiger partial charge in [0.05, 0.1) is 0 Å². The average molecular weight is 354 g/mol. The predicted molar refractivity (Wildman–Crippen MR) is 96.6 cm³/mol. The Bertz CT molecular complexity index is 376. The van der Waals surface area contributed by atoms with Gasteiger partial charge in [-0.2, -0.15) is 0 Å². The number of rotatable bonds is 13. The molecule has 22 heavy (non-hydrogen) atoms. The van der Waals surface area contributed by atoms with E-state index in [1.165, 1.54) is 13.3 Å². The summed E-state index contributed by atoms with van der Waals surface area (Å²) >= 11 is 0. The van der Waals surface area contributed by atoms with E-state index in [1.807, 2.05) is 0 Å². The average Bonchev–Trinajstić information content (AvgIpc) is 2.38. The molecule has 6 heteroatoms. The van der Waals surface area contributed by atoms with Crippen molar-refractivity contribution in [3.8, 4) is 0 Å². The molecule has 0 saturated heterocycles. The Morgan fingerprint density at radius 1 is 0.773 bits per heavy atom. The summed E-state index contributed by atoms with van der Waals surface area (Å²) in [5, 5.41) is -0.450. The van der Waals surface area contributed by atoms with Crippen molar-refractivity contribution in [2.45, 2.75) is 83.2 Å². The van der Waals surface area contributed by atoms with Gasteiger partial charge in [-0.25, -0.2) is 0 Å². The monoisotopic (exact) mass is 354 g/mol. The summed E-state index contributed by atoms with van der Waals surface area (Å²) < 4.78 is 23.8. The minimum Gasteiger partial charge on any atom is -0.344 e. The third kappa shape index (κ3) is 8.87. The van der Waals surface area contributed by atoms with E-state index in [0.717, 1.165) is 64.2 Å². The van der Waals surface area contributed by atoms with Crippen molar-refractivity contribution >= 4 is 14.7 Å². The second-order valence-corrected chi connectivity index (χ2v) is 12.2. The molecule has 0 aromatic rings. The lowest BCUT2D eigenvalue weighted by Gasteiger charge is -2.36. The molecule has 0 rings (SSSR count). The lowest BCUT2D eigenvalue weighted by molar-refractivity contribution is 0.350. The summed E-state index contributed by atoms with van der Waals surface area (Å²) in [6.07, 6.45) is 9.26. The molecule has 0 aromatic heterocycles. The fraction of sp³-hybridized carbons (Fsp3) is 1.00. The lowest BCUT2D eigenvalue weighted by atomic mass is 9.89. The molecule has 4 nitrogen and oxygen atoms in total. The molecule has 0 amide bonds. The highest BCUT2D eigenvalue weighted by atomic mass is 31.2. The molecule has 0 aliphatic carbocycles. The van der Waals surface area contributed by atoms with Crippen LogP contribution in [0.25, 0.3) is 0 Å². The Hall–Kier alpha value is 0.380. The van der Waals surface area contributed by atoms with Gasteiger partial charge in [0.1, 0.15) is 0 Å². The molecule has 0 aromatic carbocycles. The van der Waals surface area contributed by atoms with Gasteiger partial charge in [0.25, 0.3) is 0 Å². The SMILES string of the molecule is CCCCC(CCCC)(CCCCCP(C)(=O)O)P(C)(=O)O. The van der Waals surface area contributed by atoms with Crippen LogP contribution in [0.1, 0.15) is 78.1 Å². The summed E-state index contributed by atoms with van der Waals surface area (Å²) in [6, 6.07) is 0. The predicted octanol–water partition coefficient (Wildman–Crippen LogP) is 5.47. The second kappa shape index (κ2) is 10.3. The molecule has 0 fully saturated rings. The van der Waals surface area contributed by atoms with Crippen LogP contribution in [0.3, 0.4) is 0 Å². The smallest absolute Gasteiger partial charge is 0.203 e. The van der Waals surface area contributed by atoms with Gasteiger partial charge in [0.15, 0.2) is 7.37 Å². The van der Waals surface area contributed by atoms with Crippen LogP contribution in [-0.2, 0) is 9.13 Å². The summed E-state index contributed by atoms with van der Waals surface area (Å²) in [6.45, 7) is 7.14. The molecule has 0 heterocycles. The van der Waals surface area contributed by atoms with E-state index in [9.17, 15) is 18.9 Å². The van der Waals surface area contributed by atoms with E-state index >= 15 is 0 Å². The summed E-state index contributed by atoms with van der Waals surface area (Å²) in [4.78, 5) is 19.6. The van der Waals surface area contributed by atoms with Crippen molar-refractivity contribution < 1.29 is 18.9 Å². The van der Waals surface area contributed by atoms with Crippen molar-refractivity contribution in [2.24, 2.45) is 0 Å². The molecular formula is C16H36O4P2. The molecule has 2 N–H and O–H groups in total. The van der Waals surface area contributed by atoms with Crippen molar-refractivity contribution in [3.05, 3.63) is 0 Å². The van der Waals surface area contributed by atoms with Crippen LogP contribution in [0.4, 0.5) is 0 Å². The highest BCUT2D eigenvalue weighted by Crippen LogP contribution is 2.59.